The van der Waals surface area contributed by atoms with Crippen LogP contribution in [0.3, 0.4) is 0 Å². The molecule has 0 heterocycles. The van der Waals surface area contributed by atoms with Gasteiger partial charge in [0.2, 0.25) is 0 Å². The van der Waals surface area contributed by atoms with E-state index in [0.29, 0.717) is 11.5 Å². The Bertz CT molecular complexity index is 127. The number of thiol groups is 1. The van der Waals surface area contributed by atoms with Crippen molar-refractivity contribution in [1.29, 1.82) is 0 Å². The molecule has 0 saturated heterocycles. The lowest BCUT2D eigenvalue weighted by Gasteiger charge is -2.22. The first-order valence-electron chi connectivity index (χ1n) is 5.25. The number of rotatable bonds is 5. The smallest absolute Gasteiger partial charge is 0.0126 e. The van der Waals surface area contributed by atoms with E-state index in [1.807, 2.05) is 0 Å². The lowest BCUT2D eigenvalue weighted by atomic mass is 9.89. The molecule has 0 fully saturated rings. The van der Waals surface area contributed by atoms with E-state index in [1.165, 1.54) is 19.3 Å². The summed E-state index contributed by atoms with van der Waals surface area (Å²) in [6, 6.07) is 0.698. The first kappa shape index (κ1) is 13.3. The average Bonchev–Trinajstić information content (AvgIpc) is 1.81. The van der Waals surface area contributed by atoms with Crippen molar-refractivity contribution >= 4 is 11.1 Å². The summed E-state index contributed by atoms with van der Waals surface area (Å²) in [6.45, 7) is 9.25. The maximum absolute atomic E-state index is 3.59. The molecule has 0 amide bonds. The third-order valence-electron chi connectivity index (χ3n) is 2.04. The number of hydrogen-bond acceptors (Lipinski definition) is 1. The number of nitrogens with one attached hydrogen (secondary N) is 1. The summed E-state index contributed by atoms with van der Waals surface area (Å²) < 4.78 is 3.59. The van der Waals surface area contributed by atoms with Crippen LogP contribution in [0.15, 0.2) is 0 Å². The highest BCUT2D eigenvalue weighted by Crippen LogP contribution is 2.22. The molecule has 0 aliphatic rings. The molecule has 0 bridgehead atoms. The van der Waals surface area contributed by atoms with Crippen LogP contribution in [0, 0.1) is 5.41 Å². The van der Waals surface area contributed by atoms with Crippen molar-refractivity contribution in [3.05, 3.63) is 0 Å². The van der Waals surface area contributed by atoms with Crippen molar-refractivity contribution in [2.24, 2.45) is 5.41 Å². The van der Waals surface area contributed by atoms with Crippen LogP contribution < -0.4 is 4.72 Å². The van der Waals surface area contributed by atoms with Gasteiger partial charge in [0.25, 0.3) is 0 Å². The fraction of sp³-hybridized carbons (Fsp3) is 1.00. The van der Waals surface area contributed by atoms with Gasteiger partial charge in [-0.25, -0.2) is 11.1 Å². The Morgan fingerprint density at radius 1 is 1.23 bits per heavy atom. The van der Waals surface area contributed by atoms with Gasteiger partial charge in [0, 0.05) is 6.04 Å². The number of hydrogen-bond donors (Lipinski definition) is 2. The summed E-state index contributed by atoms with van der Waals surface area (Å²) in [6.07, 6.45) is 8.55. The van der Waals surface area contributed by atoms with Crippen LogP contribution in [0.25, 0.3) is 0 Å². The molecule has 0 rings (SSSR count). The van der Waals surface area contributed by atoms with Crippen LogP contribution in [0.1, 0.15) is 47.0 Å². The highest BCUT2D eigenvalue weighted by atomic mass is 32.2. The molecule has 13 heavy (non-hydrogen) atoms. The molecular formula is C11H27NS. The summed E-state index contributed by atoms with van der Waals surface area (Å²) >= 11 is 0.0655. The van der Waals surface area contributed by atoms with Crippen molar-refractivity contribution in [3.63, 3.8) is 0 Å². The maximum Gasteiger partial charge on any atom is 0.0126 e. The first-order chi connectivity index (χ1) is 5.81. The maximum atomic E-state index is 3.59. The minimum atomic E-state index is 0.0655. The SMILES string of the molecule is C[C@H](CCCC(C)(C)C)N[SH](C)C. The molecule has 0 aromatic carbocycles. The topological polar surface area (TPSA) is 12.0 Å². The molecule has 0 saturated carbocycles. The summed E-state index contributed by atoms with van der Waals surface area (Å²) in [5, 5.41) is 0. The monoisotopic (exact) mass is 205 g/mol. The Morgan fingerprint density at radius 3 is 2.15 bits per heavy atom. The molecule has 0 spiro atoms. The van der Waals surface area contributed by atoms with Crippen LogP contribution in [0.5, 0.6) is 0 Å². The lowest BCUT2D eigenvalue weighted by Crippen LogP contribution is -2.22. The van der Waals surface area contributed by atoms with Gasteiger partial charge in [-0.15, -0.1) is 0 Å². The average molecular weight is 205 g/mol. The lowest BCUT2D eigenvalue weighted by molar-refractivity contribution is 0.353. The molecule has 0 aromatic heterocycles. The predicted molar refractivity (Wildman–Crippen MR) is 66.7 cm³/mol. The summed E-state index contributed by atoms with van der Waals surface area (Å²) in [5.74, 6) is 0. The fourth-order valence-corrected chi connectivity index (χ4v) is 2.45. The van der Waals surface area contributed by atoms with E-state index in [0.717, 1.165) is 0 Å². The van der Waals surface area contributed by atoms with Crippen LogP contribution >= 0.6 is 11.1 Å². The van der Waals surface area contributed by atoms with Gasteiger partial charge >= 0.3 is 0 Å². The Hall–Kier alpha value is 0.310. The van der Waals surface area contributed by atoms with Crippen LogP contribution in [0.2, 0.25) is 0 Å². The van der Waals surface area contributed by atoms with Crippen molar-refractivity contribution in [2.45, 2.75) is 53.0 Å². The van der Waals surface area contributed by atoms with E-state index in [4.69, 9.17) is 0 Å². The molecule has 1 nitrogen and oxygen atoms in total. The zero-order chi connectivity index (χ0) is 10.5. The van der Waals surface area contributed by atoms with Crippen molar-refractivity contribution in [3.8, 4) is 0 Å². The van der Waals surface area contributed by atoms with E-state index in [9.17, 15) is 0 Å². The largest absolute Gasteiger partial charge is 0.281 e. The second-order valence-corrected chi connectivity index (χ2v) is 7.42. The molecule has 0 radical (unpaired) electrons. The second-order valence-electron chi connectivity index (χ2n) is 5.38. The van der Waals surface area contributed by atoms with Gasteiger partial charge in [0.15, 0.2) is 0 Å². The molecule has 1 N–H and O–H groups in total. The van der Waals surface area contributed by atoms with E-state index < -0.39 is 0 Å². The van der Waals surface area contributed by atoms with E-state index in [1.54, 1.807) is 0 Å². The highest BCUT2D eigenvalue weighted by Gasteiger charge is 2.10. The standard InChI is InChI=1S/C11H27NS/c1-10(12-13(5)6)8-7-9-11(2,3)4/h10,12-13H,7-9H2,1-6H3/t10-/m1/s1. The molecule has 1 atom stereocenters. The zero-order valence-corrected chi connectivity index (χ0v) is 11.0. The molecular weight excluding hydrogens is 178 g/mol. The second kappa shape index (κ2) is 5.92. The first-order valence-corrected chi connectivity index (χ1v) is 7.48. The van der Waals surface area contributed by atoms with Crippen molar-refractivity contribution < 1.29 is 0 Å². The van der Waals surface area contributed by atoms with Gasteiger partial charge in [0.1, 0.15) is 0 Å². The van der Waals surface area contributed by atoms with Gasteiger partial charge < -0.3 is 0 Å². The summed E-state index contributed by atoms with van der Waals surface area (Å²) in [7, 11) is 0. The molecule has 0 aromatic rings. The molecule has 82 valence electrons. The van der Waals surface area contributed by atoms with E-state index in [-0.39, 0.29) is 11.1 Å². The van der Waals surface area contributed by atoms with Gasteiger partial charge in [-0.1, -0.05) is 27.2 Å². The highest BCUT2D eigenvalue weighted by molar-refractivity contribution is 8.14. The van der Waals surface area contributed by atoms with Gasteiger partial charge in [-0.05, 0) is 37.7 Å². The summed E-state index contributed by atoms with van der Waals surface area (Å²) in [5.41, 5.74) is 0.503. The van der Waals surface area contributed by atoms with Gasteiger partial charge in [-0.2, -0.15) is 0 Å². The third-order valence-corrected chi connectivity index (χ3v) is 3.00. The fourth-order valence-electron chi connectivity index (χ4n) is 1.44. The van der Waals surface area contributed by atoms with Crippen LogP contribution in [0.4, 0.5) is 0 Å². The minimum Gasteiger partial charge on any atom is -0.281 e. The van der Waals surface area contributed by atoms with Crippen LogP contribution in [-0.2, 0) is 0 Å². The minimum absolute atomic E-state index is 0.0655. The normalized spacial score (nSPS) is 15.7. The molecule has 0 unspecified atom stereocenters. The predicted octanol–water partition coefficient (Wildman–Crippen LogP) is 3.36. The van der Waals surface area contributed by atoms with Crippen molar-refractivity contribution in [2.75, 3.05) is 12.5 Å². The Morgan fingerprint density at radius 2 is 1.77 bits per heavy atom. The van der Waals surface area contributed by atoms with E-state index in [2.05, 4.69) is 44.9 Å². The van der Waals surface area contributed by atoms with Crippen molar-refractivity contribution in [1.82, 2.24) is 4.72 Å². The molecule has 0 aliphatic heterocycles. The summed E-state index contributed by atoms with van der Waals surface area (Å²) in [4.78, 5) is 0. The molecule has 2 heteroatoms. The Kier molecular flexibility index (Phi) is 6.06. The van der Waals surface area contributed by atoms with Gasteiger partial charge in [-0.3, -0.25) is 4.72 Å². The zero-order valence-electron chi connectivity index (χ0n) is 10.1. The Balaban J connectivity index is 3.42. The van der Waals surface area contributed by atoms with Crippen LogP contribution in [-0.4, -0.2) is 18.6 Å². The third kappa shape index (κ3) is 10.2. The van der Waals surface area contributed by atoms with E-state index >= 15 is 0 Å². The Labute approximate surface area is 87.2 Å². The van der Waals surface area contributed by atoms with Gasteiger partial charge in [0.05, 0.1) is 0 Å². The molecule has 0 aliphatic carbocycles. The quantitative estimate of drug-likeness (QED) is 0.656.